The molecule has 5 saturated carbocycles. The van der Waals surface area contributed by atoms with E-state index in [4.69, 9.17) is 0 Å². The molecule has 6 rings (SSSR count). The van der Waals surface area contributed by atoms with Crippen LogP contribution in [0.1, 0.15) is 84.0 Å². The minimum absolute atomic E-state index is 0.115. The summed E-state index contributed by atoms with van der Waals surface area (Å²) in [5.74, 6) is 3.37. The average Bonchev–Trinajstić information content (AvgIpc) is 3.11. The Morgan fingerprint density at radius 1 is 0.889 bits per heavy atom. The van der Waals surface area contributed by atoms with E-state index in [1.807, 2.05) is 4.90 Å². The molecule has 0 aromatic rings. The van der Waals surface area contributed by atoms with E-state index in [9.17, 15) is 9.59 Å². The van der Waals surface area contributed by atoms with Crippen molar-refractivity contribution in [3.8, 4) is 0 Å². The molecule has 3 atom stereocenters. The van der Waals surface area contributed by atoms with Crippen LogP contribution in [0.5, 0.6) is 0 Å². The fourth-order valence-electron chi connectivity index (χ4n) is 7.77. The van der Waals surface area contributed by atoms with E-state index >= 15 is 0 Å². The van der Waals surface area contributed by atoms with Crippen molar-refractivity contribution >= 4 is 11.8 Å². The third-order valence-electron chi connectivity index (χ3n) is 8.75. The van der Waals surface area contributed by atoms with Gasteiger partial charge in [0.25, 0.3) is 0 Å². The summed E-state index contributed by atoms with van der Waals surface area (Å²) in [6.07, 6.45) is 14.0. The molecule has 1 saturated heterocycles. The Labute approximate surface area is 163 Å². The summed E-state index contributed by atoms with van der Waals surface area (Å²) in [6.45, 7) is 3.05. The van der Waals surface area contributed by atoms with Crippen LogP contribution >= 0.6 is 0 Å². The summed E-state index contributed by atoms with van der Waals surface area (Å²) >= 11 is 0. The zero-order valence-corrected chi connectivity index (χ0v) is 16.9. The van der Waals surface area contributed by atoms with Crippen LogP contribution in [0.4, 0.5) is 0 Å². The minimum atomic E-state index is -0.209. The molecule has 1 N–H and O–H groups in total. The highest BCUT2D eigenvalue weighted by molar-refractivity contribution is 5.91. The molecule has 0 aromatic heterocycles. The average molecular weight is 373 g/mol. The second-order valence-electron chi connectivity index (χ2n) is 10.7. The lowest BCUT2D eigenvalue weighted by Crippen LogP contribution is -2.58. The van der Waals surface area contributed by atoms with Crippen LogP contribution in [0.25, 0.3) is 0 Å². The molecule has 0 spiro atoms. The molecule has 0 aromatic carbocycles. The molecule has 27 heavy (non-hydrogen) atoms. The summed E-state index contributed by atoms with van der Waals surface area (Å²) in [6, 6.07) is 0.1000. The number of hydrogen-bond donors (Lipinski definition) is 1. The van der Waals surface area contributed by atoms with Crippen LogP contribution in [0, 0.1) is 29.1 Å². The summed E-state index contributed by atoms with van der Waals surface area (Å²) < 4.78 is 0. The first-order valence-electron chi connectivity index (χ1n) is 11.7. The Morgan fingerprint density at radius 3 is 2.15 bits per heavy atom. The van der Waals surface area contributed by atoms with Gasteiger partial charge in [0.1, 0.15) is 6.04 Å². The van der Waals surface area contributed by atoms with Crippen molar-refractivity contribution in [3.63, 3.8) is 0 Å². The van der Waals surface area contributed by atoms with Crippen molar-refractivity contribution in [1.82, 2.24) is 10.2 Å². The topological polar surface area (TPSA) is 49.4 Å². The van der Waals surface area contributed by atoms with Gasteiger partial charge in [-0.3, -0.25) is 9.59 Å². The van der Waals surface area contributed by atoms with Gasteiger partial charge in [0.05, 0.1) is 5.41 Å². The van der Waals surface area contributed by atoms with Gasteiger partial charge in [-0.2, -0.15) is 0 Å². The Morgan fingerprint density at radius 2 is 1.52 bits per heavy atom. The molecular formula is C23H36N2O2. The first kappa shape index (κ1) is 18.0. The van der Waals surface area contributed by atoms with Gasteiger partial charge in [0, 0.05) is 12.6 Å². The highest BCUT2D eigenvalue weighted by Gasteiger charge is 2.56. The lowest BCUT2D eigenvalue weighted by atomic mass is 9.49. The maximum atomic E-state index is 13.7. The van der Waals surface area contributed by atoms with Gasteiger partial charge in [0.15, 0.2) is 0 Å². The molecule has 3 unspecified atom stereocenters. The van der Waals surface area contributed by atoms with Crippen molar-refractivity contribution in [2.75, 3.05) is 6.54 Å². The van der Waals surface area contributed by atoms with Crippen molar-refractivity contribution in [1.29, 1.82) is 0 Å². The number of rotatable bonds is 3. The third kappa shape index (κ3) is 3.11. The summed E-state index contributed by atoms with van der Waals surface area (Å²) in [4.78, 5) is 28.8. The molecule has 5 aliphatic carbocycles. The minimum Gasteiger partial charge on any atom is -0.351 e. The molecule has 1 aliphatic heterocycles. The second-order valence-corrected chi connectivity index (χ2v) is 10.7. The molecule has 2 amide bonds. The second kappa shape index (κ2) is 6.77. The highest BCUT2D eigenvalue weighted by atomic mass is 16.2. The number of carbonyl (C=O) groups is 2. The van der Waals surface area contributed by atoms with E-state index in [2.05, 4.69) is 12.2 Å². The molecule has 6 aliphatic rings. The number of nitrogens with one attached hydrogen (secondary N) is 1. The van der Waals surface area contributed by atoms with Gasteiger partial charge in [-0.25, -0.2) is 0 Å². The summed E-state index contributed by atoms with van der Waals surface area (Å²) in [5, 5.41) is 3.34. The maximum absolute atomic E-state index is 13.7. The summed E-state index contributed by atoms with van der Waals surface area (Å²) in [5.41, 5.74) is -0.115. The van der Waals surface area contributed by atoms with Gasteiger partial charge in [-0.1, -0.05) is 19.8 Å². The summed E-state index contributed by atoms with van der Waals surface area (Å²) in [7, 11) is 0. The van der Waals surface area contributed by atoms with Gasteiger partial charge in [-0.15, -0.1) is 0 Å². The smallest absolute Gasteiger partial charge is 0.243 e. The molecule has 1 heterocycles. The van der Waals surface area contributed by atoms with Crippen LogP contribution in [-0.4, -0.2) is 35.3 Å². The largest absolute Gasteiger partial charge is 0.351 e. The SMILES string of the molecule is CC1CCCCC1NC(=O)C1CCCN1C(=O)C12CC3CC(CC(C3)C1)C2. The molecule has 6 fully saturated rings. The fourth-order valence-corrected chi connectivity index (χ4v) is 7.77. The van der Waals surface area contributed by atoms with Crippen LogP contribution < -0.4 is 5.32 Å². The molecule has 0 radical (unpaired) electrons. The lowest BCUT2D eigenvalue weighted by Gasteiger charge is -2.56. The van der Waals surface area contributed by atoms with E-state index in [1.165, 1.54) is 38.5 Å². The first-order chi connectivity index (χ1) is 13.0. The number of hydrogen-bond acceptors (Lipinski definition) is 2. The van der Waals surface area contributed by atoms with Crippen molar-refractivity contribution in [2.45, 2.75) is 96.1 Å². The number of carbonyl (C=O) groups excluding carboxylic acids is 2. The monoisotopic (exact) mass is 372 g/mol. The molecule has 4 bridgehead atoms. The van der Waals surface area contributed by atoms with Gasteiger partial charge >= 0.3 is 0 Å². The molecular weight excluding hydrogens is 336 g/mol. The predicted molar refractivity (Wildman–Crippen MR) is 105 cm³/mol. The maximum Gasteiger partial charge on any atom is 0.243 e. The third-order valence-corrected chi connectivity index (χ3v) is 8.75. The number of nitrogens with zero attached hydrogens (tertiary/aromatic N) is 1. The highest BCUT2D eigenvalue weighted by Crippen LogP contribution is 2.60. The van der Waals surface area contributed by atoms with Crippen LogP contribution in [0.15, 0.2) is 0 Å². The lowest BCUT2D eigenvalue weighted by molar-refractivity contribution is -0.160. The Hall–Kier alpha value is -1.06. The van der Waals surface area contributed by atoms with Crippen molar-refractivity contribution in [3.05, 3.63) is 0 Å². The fraction of sp³-hybridized carbons (Fsp3) is 0.913. The van der Waals surface area contributed by atoms with Gasteiger partial charge in [-0.05, 0) is 87.9 Å². The predicted octanol–water partition coefficient (Wildman–Crippen LogP) is 3.89. The Bertz CT molecular complexity index is 580. The molecule has 150 valence electrons. The molecule has 4 heteroatoms. The van der Waals surface area contributed by atoms with Gasteiger partial charge < -0.3 is 10.2 Å². The van der Waals surface area contributed by atoms with E-state index in [0.717, 1.165) is 62.8 Å². The quantitative estimate of drug-likeness (QED) is 0.817. The normalized spacial score (nSPS) is 45.9. The van der Waals surface area contributed by atoms with Crippen LogP contribution in [0.3, 0.4) is 0 Å². The van der Waals surface area contributed by atoms with Crippen molar-refractivity contribution < 1.29 is 9.59 Å². The van der Waals surface area contributed by atoms with Crippen LogP contribution in [-0.2, 0) is 9.59 Å². The van der Waals surface area contributed by atoms with Gasteiger partial charge in [0.2, 0.25) is 11.8 Å². The first-order valence-corrected chi connectivity index (χ1v) is 11.7. The molecule has 4 nitrogen and oxygen atoms in total. The van der Waals surface area contributed by atoms with Crippen LogP contribution in [0.2, 0.25) is 0 Å². The Kier molecular flexibility index (Phi) is 4.52. The van der Waals surface area contributed by atoms with E-state index in [0.29, 0.717) is 17.9 Å². The van der Waals surface area contributed by atoms with E-state index in [-0.39, 0.29) is 17.4 Å². The number of likely N-dealkylation sites (tertiary alicyclic amines) is 1. The number of amides is 2. The van der Waals surface area contributed by atoms with E-state index in [1.54, 1.807) is 0 Å². The van der Waals surface area contributed by atoms with E-state index < -0.39 is 0 Å². The van der Waals surface area contributed by atoms with Crippen molar-refractivity contribution in [2.24, 2.45) is 29.1 Å². The zero-order chi connectivity index (χ0) is 18.6. The standard InChI is InChI=1S/C23H36N2O2/c1-15-5-2-3-6-19(15)24-21(26)20-7-4-8-25(20)22(27)23-12-16-9-17(13-23)11-18(10-16)14-23/h15-20H,2-14H2,1H3,(H,24,26). The Balaban J connectivity index is 1.29. The zero-order valence-electron chi connectivity index (χ0n) is 16.9.